The van der Waals surface area contributed by atoms with E-state index in [-0.39, 0.29) is 0 Å². The molecule has 4 nitrogen and oxygen atoms in total. The largest absolute Gasteiger partial charge is 0.355 e. The monoisotopic (exact) mass is 356 g/mol. The molecule has 0 fully saturated rings. The molecule has 0 bridgehead atoms. The Balaban J connectivity index is 2.14. The first-order valence-electron chi connectivity index (χ1n) is 8.78. The summed E-state index contributed by atoms with van der Waals surface area (Å²) in [4.78, 5) is 7.39. The summed E-state index contributed by atoms with van der Waals surface area (Å²) in [5, 5.41) is 7.46. The van der Waals surface area contributed by atoms with Gasteiger partial charge in [0.25, 0.3) is 0 Å². The molecule has 0 atom stereocenters. The molecule has 0 aliphatic carbocycles. The van der Waals surface area contributed by atoms with Crippen LogP contribution in [0.15, 0.2) is 41.4 Å². The van der Waals surface area contributed by atoms with E-state index in [0.717, 1.165) is 54.5 Å². The molecule has 5 heteroatoms. The predicted octanol–water partition coefficient (Wildman–Crippen LogP) is 4.72. The van der Waals surface area contributed by atoms with E-state index >= 15 is 0 Å². The van der Waals surface area contributed by atoms with Crippen LogP contribution in [-0.4, -0.2) is 37.4 Å². The topological polar surface area (TPSA) is 39.7 Å². The summed E-state index contributed by atoms with van der Waals surface area (Å²) in [6.07, 6.45) is 1.07. The normalized spacial score (nSPS) is 12.6. The number of rotatable bonds is 5. The van der Waals surface area contributed by atoms with Crippen LogP contribution < -0.4 is 10.6 Å². The van der Waals surface area contributed by atoms with E-state index in [0.29, 0.717) is 5.02 Å². The van der Waals surface area contributed by atoms with Gasteiger partial charge >= 0.3 is 0 Å². The number of aliphatic imine (C=N–C) groups is 1. The van der Waals surface area contributed by atoms with Crippen LogP contribution in [0, 0.1) is 6.92 Å². The van der Waals surface area contributed by atoms with E-state index in [4.69, 9.17) is 16.6 Å². The summed E-state index contributed by atoms with van der Waals surface area (Å²) in [5.74, 6) is 1.02. The molecule has 0 aromatic heterocycles. The van der Waals surface area contributed by atoms with E-state index in [1.807, 2.05) is 25.2 Å². The van der Waals surface area contributed by atoms with Crippen LogP contribution in [0.2, 0.25) is 5.02 Å². The molecule has 0 unspecified atom stereocenters. The number of nitrogens with one attached hydrogen (secondary N) is 2. The Morgan fingerprint density at radius 2 is 1.96 bits per heavy atom. The Hall–Kier alpha value is -2.04. The van der Waals surface area contributed by atoms with Gasteiger partial charge in [0.15, 0.2) is 0 Å². The van der Waals surface area contributed by atoms with Crippen LogP contribution in [-0.2, 0) is 0 Å². The Kier molecular flexibility index (Phi) is 5.61. The third-order valence-corrected chi connectivity index (χ3v) is 4.53. The van der Waals surface area contributed by atoms with Crippen LogP contribution >= 0.6 is 11.6 Å². The van der Waals surface area contributed by atoms with Crippen LogP contribution in [0.5, 0.6) is 0 Å². The first-order chi connectivity index (χ1) is 12.1. The molecule has 0 radical (unpaired) electrons. The molecule has 1 aliphatic rings. The van der Waals surface area contributed by atoms with Crippen molar-refractivity contribution in [2.75, 3.05) is 32.0 Å². The maximum atomic E-state index is 6.19. The van der Waals surface area contributed by atoms with Gasteiger partial charge in [-0.25, -0.2) is 4.99 Å². The van der Waals surface area contributed by atoms with Crippen molar-refractivity contribution < 1.29 is 0 Å². The SMILES string of the molecule is CCCN(CCNC)C1=Nc2ccc(Cl)cc2Nc2ccc(C)cc21. The average molecular weight is 357 g/mol. The van der Waals surface area contributed by atoms with Gasteiger partial charge in [-0.2, -0.15) is 0 Å². The molecule has 1 heterocycles. The minimum absolute atomic E-state index is 0.708. The van der Waals surface area contributed by atoms with E-state index in [1.54, 1.807) is 0 Å². The number of fused-ring (bicyclic) bond motifs is 2. The highest BCUT2D eigenvalue weighted by molar-refractivity contribution is 6.31. The molecule has 1 aliphatic heterocycles. The minimum Gasteiger partial charge on any atom is -0.355 e. The maximum Gasteiger partial charge on any atom is 0.138 e. The fraction of sp³-hybridized carbons (Fsp3) is 0.350. The molecule has 0 saturated carbocycles. The number of aryl methyl sites for hydroxylation is 1. The van der Waals surface area contributed by atoms with Gasteiger partial charge in [-0.3, -0.25) is 0 Å². The molecule has 0 saturated heterocycles. The second-order valence-electron chi connectivity index (χ2n) is 6.36. The van der Waals surface area contributed by atoms with Gasteiger partial charge in [0, 0.05) is 35.9 Å². The molecule has 0 spiro atoms. The Bertz CT molecular complexity index is 785. The molecular formula is C20H25ClN4. The van der Waals surface area contributed by atoms with Gasteiger partial charge in [-0.15, -0.1) is 0 Å². The molecule has 132 valence electrons. The second-order valence-corrected chi connectivity index (χ2v) is 6.80. The zero-order chi connectivity index (χ0) is 17.8. The van der Waals surface area contributed by atoms with Crippen molar-refractivity contribution in [3.05, 3.63) is 52.5 Å². The smallest absolute Gasteiger partial charge is 0.138 e. The van der Waals surface area contributed by atoms with Crippen molar-refractivity contribution in [2.24, 2.45) is 4.99 Å². The van der Waals surface area contributed by atoms with Crippen molar-refractivity contribution in [1.82, 2.24) is 10.2 Å². The Morgan fingerprint density at radius 3 is 2.72 bits per heavy atom. The van der Waals surface area contributed by atoms with Gasteiger partial charge < -0.3 is 15.5 Å². The minimum atomic E-state index is 0.708. The van der Waals surface area contributed by atoms with Crippen molar-refractivity contribution >= 4 is 34.5 Å². The van der Waals surface area contributed by atoms with E-state index < -0.39 is 0 Å². The molecular weight excluding hydrogens is 332 g/mol. The van der Waals surface area contributed by atoms with E-state index in [9.17, 15) is 0 Å². The van der Waals surface area contributed by atoms with Crippen LogP contribution in [0.4, 0.5) is 17.1 Å². The van der Waals surface area contributed by atoms with Crippen molar-refractivity contribution in [3.8, 4) is 0 Å². The number of anilines is 2. The number of benzene rings is 2. The zero-order valence-corrected chi connectivity index (χ0v) is 15.8. The summed E-state index contributed by atoms with van der Waals surface area (Å²) in [7, 11) is 1.98. The highest BCUT2D eigenvalue weighted by atomic mass is 35.5. The van der Waals surface area contributed by atoms with Gasteiger partial charge in [-0.1, -0.05) is 30.2 Å². The molecule has 2 N–H and O–H groups in total. The lowest BCUT2D eigenvalue weighted by Gasteiger charge is -2.26. The highest BCUT2D eigenvalue weighted by Crippen LogP contribution is 2.36. The van der Waals surface area contributed by atoms with Gasteiger partial charge in [0.2, 0.25) is 0 Å². The lowest BCUT2D eigenvalue weighted by molar-refractivity contribution is 0.416. The summed E-state index contributed by atoms with van der Waals surface area (Å²) in [6, 6.07) is 12.3. The summed E-state index contributed by atoms with van der Waals surface area (Å²) >= 11 is 6.19. The third kappa shape index (κ3) is 3.97. The number of hydrogen-bond donors (Lipinski definition) is 2. The van der Waals surface area contributed by atoms with Crippen molar-refractivity contribution in [3.63, 3.8) is 0 Å². The van der Waals surface area contributed by atoms with Gasteiger partial charge in [0.1, 0.15) is 5.84 Å². The molecule has 3 rings (SSSR count). The van der Waals surface area contributed by atoms with Gasteiger partial charge in [0.05, 0.1) is 11.4 Å². The Morgan fingerprint density at radius 1 is 1.12 bits per heavy atom. The van der Waals surface area contributed by atoms with Crippen LogP contribution in [0.1, 0.15) is 24.5 Å². The first-order valence-corrected chi connectivity index (χ1v) is 9.16. The third-order valence-electron chi connectivity index (χ3n) is 4.30. The van der Waals surface area contributed by atoms with Crippen LogP contribution in [0.3, 0.4) is 0 Å². The summed E-state index contributed by atoms with van der Waals surface area (Å²) in [5.41, 5.74) is 5.28. The highest BCUT2D eigenvalue weighted by Gasteiger charge is 2.21. The zero-order valence-electron chi connectivity index (χ0n) is 15.1. The van der Waals surface area contributed by atoms with E-state index in [1.165, 1.54) is 5.56 Å². The molecule has 0 amide bonds. The number of likely N-dealkylation sites (N-methyl/N-ethyl adjacent to an activating group) is 1. The van der Waals surface area contributed by atoms with Crippen molar-refractivity contribution in [1.29, 1.82) is 0 Å². The molecule has 2 aromatic carbocycles. The van der Waals surface area contributed by atoms with Crippen LogP contribution in [0.25, 0.3) is 0 Å². The number of hydrogen-bond acceptors (Lipinski definition) is 4. The average Bonchev–Trinajstić information content (AvgIpc) is 2.75. The molecule has 2 aromatic rings. The summed E-state index contributed by atoms with van der Waals surface area (Å²) < 4.78 is 0. The number of nitrogens with zero attached hydrogens (tertiary/aromatic N) is 2. The maximum absolute atomic E-state index is 6.19. The Labute approximate surface area is 154 Å². The van der Waals surface area contributed by atoms with E-state index in [2.05, 4.69) is 47.6 Å². The fourth-order valence-corrected chi connectivity index (χ4v) is 3.23. The fourth-order valence-electron chi connectivity index (χ4n) is 3.06. The molecule has 25 heavy (non-hydrogen) atoms. The quantitative estimate of drug-likeness (QED) is 0.814. The first kappa shape index (κ1) is 17.8. The predicted molar refractivity (Wildman–Crippen MR) is 108 cm³/mol. The lowest BCUT2D eigenvalue weighted by Crippen LogP contribution is -2.37. The van der Waals surface area contributed by atoms with Gasteiger partial charge in [-0.05, 0) is 50.7 Å². The second kappa shape index (κ2) is 7.89. The standard InChI is InChI=1S/C20H25ClN4/c1-4-10-25(11-9-22-3)20-16-12-14(2)5-7-17(16)23-19-13-15(21)6-8-18(19)24-20/h5-8,12-13,22-23H,4,9-11H2,1-3H3. The summed E-state index contributed by atoms with van der Waals surface area (Å²) in [6.45, 7) is 7.12. The number of halogens is 1. The lowest BCUT2D eigenvalue weighted by atomic mass is 10.1. The van der Waals surface area contributed by atoms with Crippen molar-refractivity contribution in [2.45, 2.75) is 20.3 Å². The number of amidine groups is 1.